The van der Waals surface area contributed by atoms with Crippen molar-refractivity contribution in [1.29, 1.82) is 0 Å². The molecule has 6 rings (SSSR count). The third-order valence-electron chi connectivity index (χ3n) is 8.11. The fourth-order valence-electron chi connectivity index (χ4n) is 6.69. The molecular weight excluding hydrogens is 464 g/mol. The van der Waals surface area contributed by atoms with Crippen molar-refractivity contribution in [3.63, 3.8) is 0 Å². The molecule has 1 spiro atoms. The second kappa shape index (κ2) is 8.16. The van der Waals surface area contributed by atoms with Crippen LogP contribution in [0.3, 0.4) is 0 Å². The summed E-state index contributed by atoms with van der Waals surface area (Å²) in [7, 11) is 2.14. The van der Waals surface area contributed by atoms with Gasteiger partial charge in [-0.3, -0.25) is 19.7 Å². The number of ether oxygens (including phenoxy) is 3. The van der Waals surface area contributed by atoms with E-state index in [1.54, 1.807) is 18.2 Å². The van der Waals surface area contributed by atoms with Crippen LogP contribution in [0.2, 0.25) is 0 Å². The maximum atomic E-state index is 13.0. The van der Waals surface area contributed by atoms with Crippen LogP contribution in [0.15, 0.2) is 48.6 Å². The molecule has 2 bridgehead atoms. The Balaban J connectivity index is 1.34. The van der Waals surface area contributed by atoms with Gasteiger partial charge in [0, 0.05) is 42.0 Å². The van der Waals surface area contributed by atoms with Gasteiger partial charge in [0.25, 0.3) is 5.69 Å². The summed E-state index contributed by atoms with van der Waals surface area (Å²) in [6, 6.07) is 10.1. The molecule has 2 heterocycles. The first-order valence-corrected chi connectivity index (χ1v) is 12.1. The average Bonchev–Trinajstić information content (AvgIpc) is 3.19. The number of nitro groups is 1. The van der Waals surface area contributed by atoms with Crippen molar-refractivity contribution in [1.82, 2.24) is 4.90 Å². The fourth-order valence-corrected chi connectivity index (χ4v) is 6.69. The molecule has 1 fully saturated rings. The number of carbonyl (C=O) groups is 2. The van der Waals surface area contributed by atoms with Crippen molar-refractivity contribution < 1.29 is 28.7 Å². The van der Waals surface area contributed by atoms with E-state index in [-0.39, 0.29) is 23.4 Å². The highest BCUT2D eigenvalue weighted by Crippen LogP contribution is 2.62. The van der Waals surface area contributed by atoms with E-state index in [0.717, 1.165) is 24.9 Å². The van der Waals surface area contributed by atoms with Crippen molar-refractivity contribution in [2.45, 2.75) is 49.9 Å². The Morgan fingerprint density at radius 2 is 2.08 bits per heavy atom. The zero-order valence-corrected chi connectivity index (χ0v) is 20.0. The van der Waals surface area contributed by atoms with Crippen LogP contribution in [0.5, 0.6) is 11.5 Å². The molecule has 2 aromatic carbocycles. The summed E-state index contributed by atoms with van der Waals surface area (Å²) >= 11 is 0. The Kier molecular flexibility index (Phi) is 5.15. The number of non-ortho nitro benzene ring substituents is 1. The number of hydrogen-bond acceptors (Lipinski definition) is 8. The monoisotopic (exact) mass is 490 g/mol. The van der Waals surface area contributed by atoms with Crippen LogP contribution in [-0.4, -0.2) is 53.6 Å². The molecule has 9 heteroatoms. The van der Waals surface area contributed by atoms with E-state index in [4.69, 9.17) is 14.2 Å². The predicted molar refractivity (Wildman–Crippen MR) is 128 cm³/mol. The topological polar surface area (TPSA) is 108 Å². The molecule has 0 amide bonds. The highest BCUT2D eigenvalue weighted by molar-refractivity contribution is 5.74. The Morgan fingerprint density at radius 3 is 2.86 bits per heavy atom. The maximum Gasteiger partial charge on any atom is 0.310 e. The van der Waals surface area contributed by atoms with Crippen LogP contribution in [0.25, 0.3) is 0 Å². The molecule has 36 heavy (non-hydrogen) atoms. The fraction of sp³-hybridized carbons (Fsp3) is 0.407. The third-order valence-corrected chi connectivity index (χ3v) is 8.11. The van der Waals surface area contributed by atoms with Crippen LogP contribution in [0.4, 0.5) is 5.69 Å². The molecule has 2 aliphatic carbocycles. The second-order valence-electron chi connectivity index (χ2n) is 10.1. The van der Waals surface area contributed by atoms with Gasteiger partial charge in [-0.25, -0.2) is 0 Å². The summed E-state index contributed by atoms with van der Waals surface area (Å²) < 4.78 is 18.0. The van der Waals surface area contributed by atoms with Crippen LogP contribution in [0, 0.1) is 16.0 Å². The summed E-state index contributed by atoms with van der Waals surface area (Å²) in [6.45, 7) is 2.24. The number of benzene rings is 2. The third kappa shape index (κ3) is 3.33. The summed E-state index contributed by atoms with van der Waals surface area (Å²) in [5.41, 5.74) is 2.30. The average molecular weight is 491 g/mol. The van der Waals surface area contributed by atoms with Gasteiger partial charge in [-0.2, -0.15) is 0 Å². The lowest BCUT2D eigenvalue weighted by molar-refractivity contribution is -0.384. The number of rotatable bonds is 5. The van der Waals surface area contributed by atoms with Gasteiger partial charge in [0.15, 0.2) is 17.6 Å². The minimum Gasteiger partial charge on any atom is -0.481 e. The first-order valence-electron chi connectivity index (χ1n) is 12.1. The lowest BCUT2D eigenvalue weighted by Crippen LogP contribution is -2.65. The lowest BCUT2D eigenvalue weighted by atomic mass is 9.53. The first kappa shape index (κ1) is 22.7. The Bertz CT molecular complexity index is 1320. The SMILES string of the molecule is CC(=O)Oc1ccc2c3c1O[C@H]1[C@@H](OC(=O)Cc4cccc([N+](=O)[O-])c4)C=C[C@H]4[C@@H](C2)N(C)CC[C@@]341. The van der Waals surface area contributed by atoms with Crippen LogP contribution >= 0.6 is 0 Å². The van der Waals surface area contributed by atoms with Crippen LogP contribution in [-0.2, 0) is 32.6 Å². The van der Waals surface area contributed by atoms with E-state index in [1.807, 2.05) is 12.1 Å². The van der Waals surface area contributed by atoms with Gasteiger partial charge >= 0.3 is 11.9 Å². The molecular formula is C27H26N2O7. The second-order valence-corrected chi connectivity index (χ2v) is 10.1. The van der Waals surface area contributed by atoms with Gasteiger partial charge in [0.2, 0.25) is 0 Å². The molecule has 0 N–H and O–H groups in total. The first-order chi connectivity index (χ1) is 17.3. The van der Waals surface area contributed by atoms with Gasteiger partial charge < -0.3 is 19.1 Å². The van der Waals surface area contributed by atoms with E-state index >= 15 is 0 Å². The molecule has 0 aromatic heterocycles. The Hall–Kier alpha value is -3.72. The zero-order chi connectivity index (χ0) is 25.2. The smallest absolute Gasteiger partial charge is 0.310 e. The highest BCUT2D eigenvalue weighted by Gasteiger charge is 2.65. The summed E-state index contributed by atoms with van der Waals surface area (Å²) in [5.74, 6) is 0.232. The highest BCUT2D eigenvalue weighted by atomic mass is 16.6. The molecule has 0 radical (unpaired) electrons. The number of esters is 2. The zero-order valence-electron chi connectivity index (χ0n) is 20.0. The van der Waals surface area contributed by atoms with Gasteiger partial charge in [0.05, 0.1) is 11.3 Å². The van der Waals surface area contributed by atoms with E-state index < -0.39 is 29.1 Å². The number of piperidine rings is 1. The standard InChI is InChI=1S/C27H26N2O7/c1-15(30)34-21-8-6-17-14-20-19-7-9-22(26-27(19,10-11-28(20)2)24(17)25(21)36-26)35-23(31)13-16-4-3-5-18(12-16)29(32)33/h3-9,12,19-20,22,26H,10-11,13-14H2,1-2H3/t19-,20+,22-,26-,27-/m0/s1. The quantitative estimate of drug-likeness (QED) is 0.207. The number of likely N-dealkylation sites (tertiary alicyclic amines) is 1. The van der Waals surface area contributed by atoms with E-state index in [0.29, 0.717) is 23.1 Å². The maximum absolute atomic E-state index is 13.0. The molecule has 0 saturated carbocycles. The van der Waals surface area contributed by atoms with Gasteiger partial charge in [-0.05, 0) is 49.7 Å². The minimum atomic E-state index is -0.639. The van der Waals surface area contributed by atoms with E-state index in [9.17, 15) is 19.7 Å². The minimum absolute atomic E-state index is 0.0701. The Labute approximate surface area is 207 Å². The molecule has 2 aromatic rings. The molecule has 5 atom stereocenters. The molecule has 1 saturated heterocycles. The number of carbonyl (C=O) groups excluding carboxylic acids is 2. The van der Waals surface area contributed by atoms with Crippen molar-refractivity contribution in [2.24, 2.45) is 5.92 Å². The van der Waals surface area contributed by atoms with Crippen molar-refractivity contribution >= 4 is 17.6 Å². The molecule has 4 aliphatic rings. The molecule has 0 unspecified atom stereocenters. The van der Waals surface area contributed by atoms with Gasteiger partial charge in [-0.1, -0.05) is 24.3 Å². The van der Waals surface area contributed by atoms with Crippen LogP contribution in [0.1, 0.15) is 30.0 Å². The molecule has 186 valence electrons. The predicted octanol–water partition coefficient (Wildman–Crippen LogP) is 3.12. The molecule has 9 nitrogen and oxygen atoms in total. The van der Waals surface area contributed by atoms with E-state index in [1.165, 1.54) is 24.6 Å². The summed E-state index contributed by atoms with van der Waals surface area (Å²) in [4.78, 5) is 37.7. The van der Waals surface area contributed by atoms with Crippen LogP contribution < -0.4 is 9.47 Å². The summed E-state index contributed by atoms with van der Waals surface area (Å²) in [6.07, 6.45) is 4.57. The lowest BCUT2D eigenvalue weighted by Gasteiger charge is -2.56. The summed E-state index contributed by atoms with van der Waals surface area (Å²) in [5, 5.41) is 11.1. The Morgan fingerprint density at radius 1 is 1.25 bits per heavy atom. The van der Waals surface area contributed by atoms with Crippen molar-refractivity contribution in [3.05, 3.63) is 75.4 Å². The van der Waals surface area contributed by atoms with Crippen molar-refractivity contribution in [2.75, 3.05) is 13.6 Å². The number of hydrogen-bond donors (Lipinski definition) is 0. The number of likely N-dealkylation sites (N-methyl/N-ethyl adjacent to an activating group) is 1. The van der Waals surface area contributed by atoms with Gasteiger partial charge in [0.1, 0.15) is 6.10 Å². The van der Waals surface area contributed by atoms with Crippen molar-refractivity contribution in [3.8, 4) is 11.5 Å². The number of nitro benzene ring substituents is 1. The van der Waals surface area contributed by atoms with Gasteiger partial charge in [-0.15, -0.1) is 0 Å². The normalized spacial score (nSPS) is 29.2. The number of nitrogens with zero attached hydrogens (tertiary/aromatic N) is 2. The molecule has 2 aliphatic heterocycles. The largest absolute Gasteiger partial charge is 0.481 e. The van der Waals surface area contributed by atoms with E-state index in [2.05, 4.69) is 18.0 Å².